The van der Waals surface area contributed by atoms with Crippen molar-refractivity contribution in [3.05, 3.63) is 17.6 Å². The summed E-state index contributed by atoms with van der Waals surface area (Å²) in [5.41, 5.74) is 0.697. The van der Waals surface area contributed by atoms with Gasteiger partial charge in [0.2, 0.25) is 5.82 Å². The summed E-state index contributed by atoms with van der Waals surface area (Å²) in [6.45, 7) is 4.66. The van der Waals surface area contributed by atoms with Gasteiger partial charge in [0.05, 0.1) is 7.11 Å². The third-order valence-electron chi connectivity index (χ3n) is 2.48. The van der Waals surface area contributed by atoms with Gasteiger partial charge in [-0.15, -0.1) is 0 Å². The zero-order valence-electron chi connectivity index (χ0n) is 10.9. The average Bonchev–Trinajstić information content (AvgIpc) is 2.35. The van der Waals surface area contributed by atoms with Crippen LogP contribution in [0.2, 0.25) is 0 Å². The molecule has 0 aliphatic carbocycles. The number of carbonyl (C=O) groups is 1. The fourth-order valence-corrected chi connectivity index (χ4v) is 1.44. The highest BCUT2D eigenvalue weighted by atomic mass is 16.5. The van der Waals surface area contributed by atoms with Crippen LogP contribution in [0, 0.1) is 12.8 Å². The van der Waals surface area contributed by atoms with Gasteiger partial charge in [-0.1, -0.05) is 6.92 Å². The van der Waals surface area contributed by atoms with Crippen LogP contribution in [0.1, 0.15) is 29.7 Å². The number of ether oxygens (including phenoxy) is 1. The van der Waals surface area contributed by atoms with E-state index >= 15 is 0 Å². The predicted molar refractivity (Wildman–Crippen MR) is 67.5 cm³/mol. The first-order valence-electron chi connectivity index (χ1n) is 5.85. The summed E-state index contributed by atoms with van der Waals surface area (Å²) in [5, 5.41) is 11.9. The monoisotopic (exact) mass is 253 g/mol. The smallest absolute Gasteiger partial charge is 0.376 e. The number of hydrogen-bond donors (Lipinski definition) is 2. The van der Waals surface area contributed by atoms with Gasteiger partial charge in [0.15, 0.2) is 0 Å². The Labute approximate surface area is 106 Å². The van der Waals surface area contributed by atoms with Crippen molar-refractivity contribution in [2.24, 2.45) is 5.92 Å². The van der Waals surface area contributed by atoms with Gasteiger partial charge in [-0.25, -0.2) is 14.8 Å². The highest BCUT2D eigenvalue weighted by molar-refractivity contribution is 5.85. The zero-order chi connectivity index (χ0) is 13.5. The maximum Gasteiger partial charge on any atom is 0.376 e. The predicted octanol–water partition coefficient (Wildman–Crippen LogP) is 1.00. The first-order chi connectivity index (χ1) is 8.56. The molecule has 1 atom stereocenters. The molecule has 6 nitrogen and oxygen atoms in total. The standard InChI is InChI=1S/C12H19N3O3/c1-8(4-5-16)7-13-10-6-9(2)14-11(15-10)12(17)18-3/h6,8,16H,4-5,7H2,1-3H3,(H,13,14,15). The molecule has 0 amide bonds. The van der Waals surface area contributed by atoms with Gasteiger partial charge in [0.25, 0.3) is 0 Å². The minimum atomic E-state index is -0.551. The molecule has 0 aromatic carbocycles. The van der Waals surface area contributed by atoms with E-state index in [0.29, 0.717) is 24.0 Å². The van der Waals surface area contributed by atoms with E-state index in [0.717, 1.165) is 6.42 Å². The molecule has 1 unspecified atom stereocenters. The Morgan fingerprint density at radius 2 is 2.28 bits per heavy atom. The topological polar surface area (TPSA) is 84.3 Å². The molecule has 1 rings (SSSR count). The number of aliphatic hydroxyl groups excluding tert-OH is 1. The molecule has 0 bridgehead atoms. The molecule has 0 radical (unpaired) electrons. The summed E-state index contributed by atoms with van der Waals surface area (Å²) in [7, 11) is 1.30. The number of aryl methyl sites for hydroxylation is 1. The van der Waals surface area contributed by atoms with Crippen molar-refractivity contribution in [1.29, 1.82) is 0 Å². The SMILES string of the molecule is COC(=O)c1nc(C)cc(NCC(C)CCO)n1. The lowest BCUT2D eigenvalue weighted by Crippen LogP contribution is -2.16. The number of nitrogens with one attached hydrogen (secondary N) is 1. The van der Waals surface area contributed by atoms with E-state index in [2.05, 4.69) is 20.0 Å². The molecule has 0 saturated heterocycles. The van der Waals surface area contributed by atoms with Gasteiger partial charge in [0, 0.05) is 24.9 Å². The van der Waals surface area contributed by atoms with E-state index in [4.69, 9.17) is 5.11 Å². The van der Waals surface area contributed by atoms with E-state index in [1.165, 1.54) is 7.11 Å². The van der Waals surface area contributed by atoms with Crippen molar-refractivity contribution in [3.63, 3.8) is 0 Å². The van der Waals surface area contributed by atoms with E-state index in [-0.39, 0.29) is 12.4 Å². The van der Waals surface area contributed by atoms with Crippen molar-refractivity contribution in [3.8, 4) is 0 Å². The van der Waals surface area contributed by atoms with Crippen LogP contribution >= 0.6 is 0 Å². The van der Waals surface area contributed by atoms with Crippen LogP contribution < -0.4 is 5.32 Å². The molecule has 1 heterocycles. The molecule has 0 fully saturated rings. The Hall–Kier alpha value is -1.69. The Bertz CT molecular complexity index is 410. The minimum absolute atomic E-state index is 0.0508. The molecule has 2 N–H and O–H groups in total. The van der Waals surface area contributed by atoms with E-state index in [1.807, 2.05) is 6.92 Å². The first-order valence-corrected chi connectivity index (χ1v) is 5.85. The Morgan fingerprint density at radius 1 is 1.56 bits per heavy atom. The molecule has 1 aromatic rings. The second-order valence-corrected chi connectivity index (χ2v) is 4.21. The van der Waals surface area contributed by atoms with Crippen molar-refractivity contribution >= 4 is 11.8 Å². The molecule has 0 spiro atoms. The van der Waals surface area contributed by atoms with Gasteiger partial charge in [-0.2, -0.15) is 0 Å². The molecule has 6 heteroatoms. The molecule has 18 heavy (non-hydrogen) atoms. The number of aromatic nitrogens is 2. The van der Waals surface area contributed by atoms with Crippen LogP contribution in [0.15, 0.2) is 6.07 Å². The van der Waals surface area contributed by atoms with Crippen LogP contribution in [0.4, 0.5) is 5.82 Å². The maximum atomic E-state index is 11.4. The van der Waals surface area contributed by atoms with Gasteiger partial charge in [-0.05, 0) is 19.3 Å². The summed E-state index contributed by atoms with van der Waals surface area (Å²) >= 11 is 0. The van der Waals surface area contributed by atoms with Gasteiger partial charge in [0.1, 0.15) is 5.82 Å². The molecule has 0 aliphatic rings. The van der Waals surface area contributed by atoms with Crippen LogP contribution in [-0.2, 0) is 4.74 Å². The lowest BCUT2D eigenvalue weighted by Gasteiger charge is -2.12. The molecular weight excluding hydrogens is 234 g/mol. The number of anilines is 1. The molecule has 0 saturated carbocycles. The summed E-state index contributed by atoms with van der Waals surface area (Å²) in [5.74, 6) is 0.416. The number of nitrogens with zero attached hydrogens (tertiary/aromatic N) is 2. The van der Waals surface area contributed by atoms with Crippen LogP contribution in [0.5, 0.6) is 0 Å². The summed E-state index contributed by atoms with van der Waals surface area (Å²) in [4.78, 5) is 19.4. The normalized spacial score (nSPS) is 12.0. The van der Waals surface area contributed by atoms with Crippen LogP contribution in [-0.4, -0.2) is 41.3 Å². The first kappa shape index (κ1) is 14.4. The number of esters is 1. The lowest BCUT2D eigenvalue weighted by atomic mass is 10.1. The lowest BCUT2D eigenvalue weighted by molar-refractivity contribution is 0.0586. The highest BCUT2D eigenvalue weighted by Crippen LogP contribution is 2.09. The van der Waals surface area contributed by atoms with Gasteiger partial charge < -0.3 is 15.2 Å². The third kappa shape index (κ3) is 4.29. The van der Waals surface area contributed by atoms with Crippen LogP contribution in [0.3, 0.4) is 0 Å². The van der Waals surface area contributed by atoms with E-state index in [9.17, 15) is 4.79 Å². The number of carbonyl (C=O) groups excluding carboxylic acids is 1. The number of aliphatic hydroxyl groups is 1. The highest BCUT2D eigenvalue weighted by Gasteiger charge is 2.11. The Balaban J connectivity index is 2.71. The second kappa shape index (κ2) is 6.90. The van der Waals surface area contributed by atoms with E-state index in [1.54, 1.807) is 13.0 Å². The van der Waals surface area contributed by atoms with Crippen molar-refractivity contribution in [2.45, 2.75) is 20.3 Å². The molecule has 0 aliphatic heterocycles. The average molecular weight is 253 g/mol. The zero-order valence-corrected chi connectivity index (χ0v) is 10.9. The fraction of sp³-hybridized carbons (Fsp3) is 0.583. The number of hydrogen-bond acceptors (Lipinski definition) is 6. The van der Waals surface area contributed by atoms with Crippen molar-refractivity contribution < 1.29 is 14.6 Å². The molecular formula is C12H19N3O3. The molecule has 100 valence electrons. The molecule has 1 aromatic heterocycles. The van der Waals surface area contributed by atoms with Crippen molar-refractivity contribution in [2.75, 3.05) is 25.6 Å². The Kier molecular flexibility index (Phi) is 5.51. The largest absolute Gasteiger partial charge is 0.463 e. The number of rotatable bonds is 6. The second-order valence-electron chi connectivity index (χ2n) is 4.21. The van der Waals surface area contributed by atoms with Crippen molar-refractivity contribution in [1.82, 2.24) is 9.97 Å². The summed E-state index contributed by atoms with van der Waals surface area (Å²) in [6.07, 6.45) is 0.723. The Morgan fingerprint density at radius 3 is 2.89 bits per heavy atom. The fourth-order valence-electron chi connectivity index (χ4n) is 1.44. The summed E-state index contributed by atoms with van der Waals surface area (Å²) in [6, 6.07) is 1.76. The van der Waals surface area contributed by atoms with Gasteiger partial charge in [-0.3, -0.25) is 0 Å². The number of methoxy groups -OCH3 is 1. The maximum absolute atomic E-state index is 11.4. The summed E-state index contributed by atoms with van der Waals surface area (Å²) < 4.78 is 4.59. The minimum Gasteiger partial charge on any atom is -0.463 e. The quantitative estimate of drug-likeness (QED) is 0.736. The van der Waals surface area contributed by atoms with Gasteiger partial charge >= 0.3 is 5.97 Å². The third-order valence-corrected chi connectivity index (χ3v) is 2.48. The van der Waals surface area contributed by atoms with Crippen LogP contribution in [0.25, 0.3) is 0 Å². The van der Waals surface area contributed by atoms with E-state index < -0.39 is 5.97 Å².